The Bertz CT molecular complexity index is 268. The van der Waals surface area contributed by atoms with Crippen LogP contribution in [0.25, 0.3) is 0 Å². The second-order valence-electron chi connectivity index (χ2n) is 4.33. The lowest BCUT2D eigenvalue weighted by atomic mass is 9.88. The van der Waals surface area contributed by atoms with Crippen LogP contribution in [0.2, 0.25) is 0 Å². The van der Waals surface area contributed by atoms with Gasteiger partial charge in [-0.05, 0) is 25.7 Å². The number of rotatable bonds is 10. The fourth-order valence-corrected chi connectivity index (χ4v) is 1.14. The van der Waals surface area contributed by atoms with E-state index in [1.54, 1.807) is 0 Å². The maximum atomic E-state index is 9.58. The molecule has 0 aromatic heterocycles. The molecule has 0 spiro atoms. The molecule has 0 bridgehead atoms. The molecular formula is C13H24N2O5. The van der Waals surface area contributed by atoms with E-state index in [1.807, 2.05) is 6.92 Å². The summed E-state index contributed by atoms with van der Waals surface area (Å²) in [4.78, 5) is 25.9. The number of unbranched alkanes of at least 4 members (excludes halogenated alkanes) is 2. The maximum absolute atomic E-state index is 9.58. The van der Waals surface area contributed by atoms with Crippen molar-refractivity contribution < 1.29 is 24.9 Å². The highest BCUT2D eigenvalue weighted by Gasteiger charge is 2.24. The van der Waals surface area contributed by atoms with E-state index in [1.165, 1.54) is 12.2 Å². The summed E-state index contributed by atoms with van der Waals surface area (Å²) in [5.74, 6) is 0. The van der Waals surface area contributed by atoms with Gasteiger partial charge >= 0.3 is 0 Å². The number of isocyanates is 2. The Morgan fingerprint density at radius 2 is 1.25 bits per heavy atom. The molecule has 3 N–H and O–H groups in total. The van der Waals surface area contributed by atoms with Gasteiger partial charge in [0.25, 0.3) is 0 Å². The van der Waals surface area contributed by atoms with Gasteiger partial charge in [-0.25, -0.2) is 19.6 Å². The first-order chi connectivity index (χ1) is 9.66. The summed E-state index contributed by atoms with van der Waals surface area (Å²) >= 11 is 0. The summed E-state index contributed by atoms with van der Waals surface area (Å²) in [6.07, 6.45) is 6.14. The van der Waals surface area contributed by atoms with Crippen LogP contribution in [-0.4, -0.2) is 60.4 Å². The first kappa shape index (κ1) is 20.9. The van der Waals surface area contributed by atoms with Crippen LogP contribution in [0.4, 0.5) is 0 Å². The monoisotopic (exact) mass is 288 g/mol. The van der Waals surface area contributed by atoms with E-state index in [2.05, 4.69) is 9.98 Å². The summed E-state index contributed by atoms with van der Waals surface area (Å²) in [7, 11) is 0. The highest BCUT2D eigenvalue weighted by molar-refractivity contribution is 5.32. The van der Waals surface area contributed by atoms with Crippen molar-refractivity contribution >= 4 is 12.2 Å². The zero-order valence-corrected chi connectivity index (χ0v) is 11.9. The molecule has 7 heteroatoms. The van der Waals surface area contributed by atoms with Crippen LogP contribution in [0.1, 0.15) is 32.6 Å². The van der Waals surface area contributed by atoms with Crippen LogP contribution in [0, 0.1) is 5.41 Å². The molecule has 0 unspecified atom stereocenters. The molecule has 0 fully saturated rings. The summed E-state index contributed by atoms with van der Waals surface area (Å²) in [6.45, 7) is 2.40. The SMILES string of the molecule is CCC(CO)(CO)CO.O=C=NCCCCCN=C=O. The van der Waals surface area contributed by atoms with Crippen LogP contribution in [0.5, 0.6) is 0 Å². The van der Waals surface area contributed by atoms with Crippen LogP contribution in [0.15, 0.2) is 9.98 Å². The van der Waals surface area contributed by atoms with Gasteiger partial charge in [-0.1, -0.05) is 6.92 Å². The Labute approximate surface area is 119 Å². The predicted octanol–water partition coefficient (Wildman–Crippen LogP) is 0.188. The van der Waals surface area contributed by atoms with Gasteiger partial charge in [-0.15, -0.1) is 0 Å². The normalized spacial score (nSPS) is 9.80. The van der Waals surface area contributed by atoms with Crippen molar-refractivity contribution in [3.05, 3.63) is 0 Å². The van der Waals surface area contributed by atoms with Crippen LogP contribution in [-0.2, 0) is 9.59 Å². The molecule has 7 nitrogen and oxygen atoms in total. The van der Waals surface area contributed by atoms with Gasteiger partial charge in [0, 0.05) is 5.41 Å². The van der Waals surface area contributed by atoms with E-state index >= 15 is 0 Å². The maximum Gasteiger partial charge on any atom is 0.234 e. The average molecular weight is 288 g/mol. The Balaban J connectivity index is 0. The van der Waals surface area contributed by atoms with E-state index in [-0.39, 0.29) is 19.8 Å². The Kier molecular flexibility index (Phi) is 16.4. The number of carbonyl (C=O) groups excluding carboxylic acids is 2. The smallest absolute Gasteiger partial charge is 0.234 e. The highest BCUT2D eigenvalue weighted by Crippen LogP contribution is 2.18. The summed E-state index contributed by atoms with van der Waals surface area (Å²) in [6, 6.07) is 0. The summed E-state index contributed by atoms with van der Waals surface area (Å²) in [5.41, 5.74) is -0.667. The quantitative estimate of drug-likeness (QED) is 0.301. The third kappa shape index (κ3) is 11.7. The minimum absolute atomic E-state index is 0.156. The first-order valence-electron chi connectivity index (χ1n) is 6.56. The van der Waals surface area contributed by atoms with E-state index in [0.717, 1.165) is 19.3 Å². The third-order valence-electron chi connectivity index (χ3n) is 2.93. The molecule has 0 heterocycles. The zero-order chi connectivity index (χ0) is 15.7. The van der Waals surface area contributed by atoms with Gasteiger partial charge < -0.3 is 15.3 Å². The van der Waals surface area contributed by atoms with Gasteiger partial charge in [0.2, 0.25) is 12.2 Å². The molecule has 0 saturated heterocycles. The molecule has 116 valence electrons. The second kappa shape index (κ2) is 15.7. The molecule has 0 rings (SSSR count). The van der Waals surface area contributed by atoms with Crippen molar-refractivity contribution in [2.45, 2.75) is 32.6 Å². The van der Waals surface area contributed by atoms with Gasteiger partial charge in [-0.2, -0.15) is 0 Å². The second-order valence-corrected chi connectivity index (χ2v) is 4.33. The number of aliphatic hydroxyl groups excluding tert-OH is 3. The fourth-order valence-electron chi connectivity index (χ4n) is 1.14. The largest absolute Gasteiger partial charge is 0.396 e. The predicted molar refractivity (Wildman–Crippen MR) is 73.8 cm³/mol. The minimum atomic E-state index is -0.667. The molecule has 0 radical (unpaired) electrons. The van der Waals surface area contributed by atoms with E-state index in [9.17, 15) is 9.59 Å². The number of aliphatic imine (C=N–C) groups is 2. The summed E-state index contributed by atoms with van der Waals surface area (Å²) < 4.78 is 0. The van der Waals surface area contributed by atoms with Crippen molar-refractivity contribution in [3.8, 4) is 0 Å². The minimum Gasteiger partial charge on any atom is -0.396 e. The van der Waals surface area contributed by atoms with Crippen molar-refractivity contribution in [2.75, 3.05) is 32.9 Å². The molecule has 0 amide bonds. The molecule has 0 saturated carbocycles. The third-order valence-corrected chi connectivity index (χ3v) is 2.93. The number of hydrogen-bond acceptors (Lipinski definition) is 7. The Morgan fingerprint density at radius 3 is 1.45 bits per heavy atom. The lowest BCUT2D eigenvalue weighted by Gasteiger charge is -2.24. The van der Waals surface area contributed by atoms with Crippen molar-refractivity contribution in [3.63, 3.8) is 0 Å². The molecule has 0 aliphatic rings. The first-order valence-corrected chi connectivity index (χ1v) is 6.56. The van der Waals surface area contributed by atoms with Gasteiger partial charge in [-0.3, -0.25) is 0 Å². The van der Waals surface area contributed by atoms with E-state index in [0.29, 0.717) is 19.5 Å². The lowest BCUT2D eigenvalue weighted by Crippen LogP contribution is -2.32. The standard InChI is InChI=1S/C7H10N2O2.C6H14O3/c10-6-8-4-2-1-3-5-9-7-11;1-2-6(3-7,4-8)5-9/h1-5H2;7-9H,2-5H2,1H3. The molecule has 0 aromatic carbocycles. The van der Waals surface area contributed by atoms with Crippen molar-refractivity contribution in [1.29, 1.82) is 0 Å². The number of hydrogen-bond donors (Lipinski definition) is 3. The van der Waals surface area contributed by atoms with Crippen LogP contribution in [0.3, 0.4) is 0 Å². The number of aliphatic hydroxyl groups is 3. The van der Waals surface area contributed by atoms with Crippen molar-refractivity contribution in [1.82, 2.24) is 0 Å². The van der Waals surface area contributed by atoms with E-state index < -0.39 is 5.41 Å². The average Bonchev–Trinajstić information content (AvgIpc) is 2.50. The van der Waals surface area contributed by atoms with Crippen LogP contribution < -0.4 is 0 Å². The zero-order valence-electron chi connectivity index (χ0n) is 11.9. The highest BCUT2D eigenvalue weighted by atomic mass is 16.3. The van der Waals surface area contributed by atoms with Crippen molar-refractivity contribution in [2.24, 2.45) is 15.4 Å². The molecule has 0 atom stereocenters. The fraction of sp³-hybridized carbons (Fsp3) is 0.846. The molecule has 0 aliphatic heterocycles. The summed E-state index contributed by atoms with van der Waals surface area (Å²) in [5, 5.41) is 26.0. The molecule has 20 heavy (non-hydrogen) atoms. The molecular weight excluding hydrogens is 264 g/mol. The van der Waals surface area contributed by atoms with Gasteiger partial charge in [0.1, 0.15) is 0 Å². The lowest BCUT2D eigenvalue weighted by molar-refractivity contribution is 0.00304. The van der Waals surface area contributed by atoms with Crippen LogP contribution >= 0.6 is 0 Å². The van der Waals surface area contributed by atoms with Gasteiger partial charge in [0.05, 0.1) is 32.9 Å². The van der Waals surface area contributed by atoms with E-state index in [4.69, 9.17) is 15.3 Å². The topological polar surface area (TPSA) is 120 Å². The Morgan fingerprint density at radius 1 is 0.850 bits per heavy atom. The Hall–Kier alpha value is -1.36. The number of nitrogens with zero attached hydrogens (tertiary/aromatic N) is 2. The molecule has 0 aliphatic carbocycles. The van der Waals surface area contributed by atoms with Gasteiger partial charge in [0.15, 0.2) is 0 Å². The molecule has 0 aromatic rings.